The van der Waals surface area contributed by atoms with Crippen molar-refractivity contribution in [1.29, 1.82) is 0 Å². The Kier molecular flexibility index (Phi) is 4.74. The van der Waals surface area contributed by atoms with Crippen molar-refractivity contribution >= 4 is 17.5 Å². The lowest BCUT2D eigenvalue weighted by molar-refractivity contribution is -0.134. The number of ether oxygens (including phenoxy) is 1. The van der Waals surface area contributed by atoms with Gasteiger partial charge in [-0.2, -0.15) is 0 Å². The number of nitrogens with one attached hydrogen (secondary N) is 2. The number of rotatable bonds is 6. The predicted molar refractivity (Wildman–Crippen MR) is 96.3 cm³/mol. The van der Waals surface area contributed by atoms with E-state index in [-0.39, 0.29) is 11.8 Å². The van der Waals surface area contributed by atoms with E-state index >= 15 is 0 Å². The van der Waals surface area contributed by atoms with Crippen LogP contribution in [0.15, 0.2) is 48.5 Å². The molecule has 2 aromatic rings. The minimum atomic E-state index is -0.954. The van der Waals surface area contributed by atoms with E-state index in [2.05, 4.69) is 10.6 Å². The van der Waals surface area contributed by atoms with Gasteiger partial charge in [0.15, 0.2) is 0 Å². The first kappa shape index (κ1) is 17.0. The zero-order valence-corrected chi connectivity index (χ0v) is 14.5. The molecule has 0 saturated heterocycles. The van der Waals surface area contributed by atoms with Crippen LogP contribution in [-0.2, 0) is 16.1 Å². The quantitative estimate of drug-likeness (QED) is 0.796. The zero-order valence-electron chi connectivity index (χ0n) is 14.5. The summed E-state index contributed by atoms with van der Waals surface area (Å²) in [6.07, 6.45) is 1.14. The number of anilines is 1. The molecule has 0 bridgehead atoms. The van der Waals surface area contributed by atoms with Crippen LogP contribution in [0, 0.1) is 12.3 Å². The second kappa shape index (κ2) is 6.97. The third-order valence-corrected chi connectivity index (χ3v) is 4.64. The Bertz CT molecular complexity index is 797. The first-order valence-electron chi connectivity index (χ1n) is 8.34. The van der Waals surface area contributed by atoms with Gasteiger partial charge in [0, 0.05) is 17.8 Å². The Balaban J connectivity index is 1.65. The lowest BCUT2D eigenvalue weighted by atomic mass is 10.0. The van der Waals surface area contributed by atoms with Crippen LogP contribution in [0.5, 0.6) is 5.75 Å². The summed E-state index contributed by atoms with van der Waals surface area (Å²) in [5.41, 5.74) is 1.65. The van der Waals surface area contributed by atoms with Crippen LogP contribution in [-0.4, -0.2) is 18.9 Å². The Morgan fingerprint density at radius 3 is 2.40 bits per heavy atom. The summed E-state index contributed by atoms with van der Waals surface area (Å²) < 4.78 is 5.29. The fourth-order valence-electron chi connectivity index (χ4n) is 2.83. The average molecular weight is 338 g/mol. The van der Waals surface area contributed by atoms with Gasteiger partial charge in [0.1, 0.15) is 11.2 Å². The monoisotopic (exact) mass is 338 g/mol. The molecule has 0 heterocycles. The highest BCUT2D eigenvalue weighted by Gasteiger charge is 2.56. The summed E-state index contributed by atoms with van der Waals surface area (Å²) in [7, 11) is 1.60. The van der Waals surface area contributed by atoms with Crippen LogP contribution >= 0.6 is 0 Å². The van der Waals surface area contributed by atoms with Crippen molar-refractivity contribution < 1.29 is 14.3 Å². The molecule has 0 aromatic heterocycles. The van der Waals surface area contributed by atoms with Crippen LogP contribution in [0.2, 0.25) is 0 Å². The molecule has 5 nitrogen and oxygen atoms in total. The molecule has 1 aliphatic rings. The third-order valence-electron chi connectivity index (χ3n) is 4.64. The van der Waals surface area contributed by atoms with Crippen molar-refractivity contribution in [2.45, 2.75) is 26.3 Å². The molecular weight excluding hydrogens is 316 g/mol. The summed E-state index contributed by atoms with van der Waals surface area (Å²) in [5.74, 6) is 0.251. The molecule has 0 radical (unpaired) electrons. The van der Waals surface area contributed by atoms with Gasteiger partial charge in [0.2, 0.25) is 11.8 Å². The summed E-state index contributed by atoms with van der Waals surface area (Å²) in [6, 6.07) is 15.1. The van der Waals surface area contributed by atoms with Crippen molar-refractivity contribution in [3.8, 4) is 5.75 Å². The molecule has 2 amide bonds. The highest BCUT2D eigenvalue weighted by Crippen LogP contribution is 2.47. The van der Waals surface area contributed by atoms with Gasteiger partial charge in [0.05, 0.1) is 7.11 Å². The molecule has 1 saturated carbocycles. The molecule has 0 atom stereocenters. The highest BCUT2D eigenvalue weighted by molar-refractivity contribution is 6.13. The minimum Gasteiger partial charge on any atom is -0.496 e. The van der Waals surface area contributed by atoms with Gasteiger partial charge >= 0.3 is 0 Å². The fraction of sp³-hybridized carbons (Fsp3) is 0.300. The number of benzene rings is 2. The molecule has 130 valence electrons. The standard InChI is InChI=1S/C20H22N2O3/c1-14-7-3-5-9-16(14)22-19(24)20(11-12-20)18(23)21-13-15-8-4-6-10-17(15)25-2/h3-10H,11-13H2,1-2H3,(H,21,23)(H,22,24). The maximum atomic E-state index is 12.6. The number of carbonyl (C=O) groups is 2. The molecule has 0 unspecified atom stereocenters. The van der Waals surface area contributed by atoms with E-state index in [4.69, 9.17) is 4.74 Å². The second-order valence-electron chi connectivity index (χ2n) is 6.35. The number of aryl methyl sites for hydroxylation is 1. The molecular formula is C20H22N2O3. The first-order chi connectivity index (χ1) is 12.1. The van der Waals surface area contributed by atoms with Gasteiger partial charge in [-0.25, -0.2) is 0 Å². The maximum absolute atomic E-state index is 12.6. The Morgan fingerprint density at radius 2 is 1.72 bits per heavy atom. The largest absolute Gasteiger partial charge is 0.496 e. The van der Waals surface area contributed by atoms with E-state index in [9.17, 15) is 9.59 Å². The van der Waals surface area contributed by atoms with Crippen molar-refractivity contribution in [3.63, 3.8) is 0 Å². The number of hydrogen-bond acceptors (Lipinski definition) is 3. The van der Waals surface area contributed by atoms with E-state index in [0.29, 0.717) is 19.4 Å². The van der Waals surface area contributed by atoms with E-state index in [0.717, 1.165) is 22.6 Å². The number of methoxy groups -OCH3 is 1. The minimum absolute atomic E-state index is 0.232. The molecule has 0 spiro atoms. The molecule has 3 rings (SSSR count). The summed E-state index contributed by atoms with van der Waals surface area (Å²) in [6.45, 7) is 2.26. The smallest absolute Gasteiger partial charge is 0.240 e. The van der Waals surface area contributed by atoms with Gasteiger partial charge in [-0.15, -0.1) is 0 Å². The van der Waals surface area contributed by atoms with E-state index in [1.165, 1.54) is 0 Å². The van der Waals surface area contributed by atoms with Gasteiger partial charge in [0.25, 0.3) is 0 Å². The van der Waals surface area contributed by atoms with E-state index < -0.39 is 5.41 Å². The van der Waals surface area contributed by atoms with Crippen molar-refractivity contribution in [2.75, 3.05) is 12.4 Å². The maximum Gasteiger partial charge on any atom is 0.240 e. The van der Waals surface area contributed by atoms with Gasteiger partial charge in [-0.1, -0.05) is 36.4 Å². The number of hydrogen-bond donors (Lipinski definition) is 2. The number of amides is 2. The van der Waals surface area contributed by atoms with Gasteiger partial charge in [-0.3, -0.25) is 9.59 Å². The topological polar surface area (TPSA) is 67.4 Å². The third kappa shape index (κ3) is 3.50. The molecule has 2 N–H and O–H groups in total. The molecule has 1 fully saturated rings. The SMILES string of the molecule is COc1ccccc1CNC(=O)C1(C(=O)Nc2ccccc2C)CC1. The average Bonchev–Trinajstić information content (AvgIpc) is 3.44. The molecule has 2 aromatic carbocycles. The number of carbonyl (C=O) groups excluding carboxylic acids is 2. The Hall–Kier alpha value is -2.82. The second-order valence-corrected chi connectivity index (χ2v) is 6.35. The van der Waals surface area contributed by atoms with Crippen LogP contribution < -0.4 is 15.4 Å². The summed E-state index contributed by atoms with van der Waals surface area (Å²) >= 11 is 0. The predicted octanol–water partition coefficient (Wildman–Crippen LogP) is 3.04. The zero-order chi connectivity index (χ0) is 17.9. The number of para-hydroxylation sites is 2. The Labute approximate surface area is 147 Å². The lowest BCUT2D eigenvalue weighted by Crippen LogP contribution is -2.39. The normalized spacial score (nSPS) is 14.5. The molecule has 25 heavy (non-hydrogen) atoms. The van der Waals surface area contributed by atoms with Crippen molar-refractivity contribution in [2.24, 2.45) is 5.41 Å². The van der Waals surface area contributed by atoms with Crippen LogP contribution in [0.1, 0.15) is 24.0 Å². The first-order valence-corrected chi connectivity index (χ1v) is 8.34. The van der Waals surface area contributed by atoms with Crippen LogP contribution in [0.3, 0.4) is 0 Å². The molecule has 5 heteroatoms. The molecule has 1 aliphatic carbocycles. The Morgan fingerprint density at radius 1 is 1.04 bits per heavy atom. The summed E-state index contributed by atoms with van der Waals surface area (Å²) in [4.78, 5) is 25.2. The van der Waals surface area contributed by atoms with Crippen LogP contribution in [0.4, 0.5) is 5.69 Å². The highest BCUT2D eigenvalue weighted by atomic mass is 16.5. The van der Waals surface area contributed by atoms with Crippen LogP contribution in [0.25, 0.3) is 0 Å². The fourth-order valence-corrected chi connectivity index (χ4v) is 2.83. The van der Waals surface area contributed by atoms with Crippen molar-refractivity contribution in [3.05, 3.63) is 59.7 Å². The van der Waals surface area contributed by atoms with E-state index in [1.807, 2.05) is 55.5 Å². The van der Waals surface area contributed by atoms with Crippen molar-refractivity contribution in [1.82, 2.24) is 5.32 Å². The molecule has 0 aliphatic heterocycles. The van der Waals surface area contributed by atoms with Gasteiger partial charge in [-0.05, 0) is 37.5 Å². The van der Waals surface area contributed by atoms with Gasteiger partial charge < -0.3 is 15.4 Å². The lowest BCUT2D eigenvalue weighted by Gasteiger charge is -2.17. The summed E-state index contributed by atoms with van der Waals surface area (Å²) in [5, 5.41) is 5.77. The van der Waals surface area contributed by atoms with E-state index in [1.54, 1.807) is 7.11 Å².